The molecule has 7 heteroatoms. The Morgan fingerprint density at radius 1 is 1.16 bits per heavy atom. The predicted molar refractivity (Wildman–Crippen MR) is 90.4 cm³/mol. The lowest BCUT2D eigenvalue weighted by Gasteiger charge is -2.16. The summed E-state index contributed by atoms with van der Waals surface area (Å²) in [5, 5.41) is 2.52. The lowest BCUT2D eigenvalue weighted by Crippen LogP contribution is -2.29. The summed E-state index contributed by atoms with van der Waals surface area (Å²) in [6.07, 6.45) is -4.05. The van der Waals surface area contributed by atoms with Crippen LogP contribution in [0.2, 0.25) is 0 Å². The van der Waals surface area contributed by atoms with Gasteiger partial charge in [-0.2, -0.15) is 13.2 Å². The van der Waals surface area contributed by atoms with Gasteiger partial charge in [0.1, 0.15) is 5.82 Å². The Hall–Kier alpha value is -1.89. The van der Waals surface area contributed by atoms with Crippen LogP contribution in [0.1, 0.15) is 36.0 Å². The third-order valence-electron chi connectivity index (χ3n) is 3.82. The van der Waals surface area contributed by atoms with E-state index in [-0.39, 0.29) is 18.0 Å². The van der Waals surface area contributed by atoms with Gasteiger partial charge in [0, 0.05) is 16.6 Å². The van der Waals surface area contributed by atoms with Crippen molar-refractivity contribution in [2.45, 2.75) is 32.0 Å². The highest BCUT2D eigenvalue weighted by molar-refractivity contribution is 9.10. The van der Waals surface area contributed by atoms with Gasteiger partial charge in [0.2, 0.25) is 5.91 Å². The summed E-state index contributed by atoms with van der Waals surface area (Å²) in [5.74, 6) is -1.60. The fourth-order valence-corrected chi connectivity index (χ4v) is 2.72. The van der Waals surface area contributed by atoms with Gasteiger partial charge >= 0.3 is 6.18 Å². The molecule has 0 saturated heterocycles. The highest BCUT2D eigenvalue weighted by Crippen LogP contribution is 2.30. The van der Waals surface area contributed by atoms with Crippen LogP contribution in [0.5, 0.6) is 0 Å². The maximum Gasteiger partial charge on any atom is 0.416 e. The molecule has 0 aromatic heterocycles. The molecule has 2 aromatic carbocycles. The number of carbonyl (C=O) groups excluding carboxylic acids is 1. The topological polar surface area (TPSA) is 29.1 Å². The molecule has 2 nitrogen and oxygen atoms in total. The average molecular weight is 418 g/mol. The van der Waals surface area contributed by atoms with Crippen LogP contribution < -0.4 is 5.32 Å². The predicted octanol–water partition coefficient (Wildman–Crippen LogP) is 5.42. The minimum atomic E-state index is -4.56. The summed E-state index contributed by atoms with van der Waals surface area (Å²) < 4.78 is 52.8. The minimum Gasteiger partial charge on any atom is -0.351 e. The number of hydrogen-bond donors (Lipinski definition) is 1. The average Bonchev–Trinajstić information content (AvgIpc) is 2.55. The molecule has 0 aliphatic rings. The Kier molecular flexibility index (Phi) is 6.21. The summed E-state index contributed by atoms with van der Waals surface area (Å²) >= 11 is 3.31. The van der Waals surface area contributed by atoms with Gasteiger partial charge in [0.05, 0.1) is 11.5 Å². The van der Waals surface area contributed by atoms with Gasteiger partial charge in [0.15, 0.2) is 0 Å². The van der Waals surface area contributed by atoms with E-state index < -0.39 is 23.5 Å². The Morgan fingerprint density at radius 2 is 1.80 bits per heavy atom. The lowest BCUT2D eigenvalue weighted by molar-refractivity contribution is -0.137. The van der Waals surface area contributed by atoms with E-state index >= 15 is 0 Å². The molecule has 0 radical (unpaired) electrons. The van der Waals surface area contributed by atoms with Crippen molar-refractivity contribution in [1.29, 1.82) is 0 Å². The molecule has 0 aliphatic heterocycles. The molecule has 0 spiro atoms. The number of amides is 1. The quantitative estimate of drug-likeness (QED) is 0.646. The van der Waals surface area contributed by atoms with Gasteiger partial charge in [0.25, 0.3) is 0 Å². The smallest absolute Gasteiger partial charge is 0.351 e. The van der Waals surface area contributed by atoms with Gasteiger partial charge in [-0.1, -0.05) is 35.0 Å². The van der Waals surface area contributed by atoms with Crippen molar-refractivity contribution in [2.75, 3.05) is 0 Å². The standard InChI is InChI=1S/C18H16BrF4NO/c1-2-15(11-3-6-14(19)7-4-11)17(25)24-10-12-9-13(18(21,22)23)5-8-16(12)20/h3-9,15H,2,10H2,1H3,(H,24,25)/t15-/m0/s1. The second kappa shape index (κ2) is 7.99. The number of nitrogens with one attached hydrogen (secondary N) is 1. The van der Waals surface area contributed by atoms with E-state index in [2.05, 4.69) is 21.2 Å². The summed E-state index contributed by atoms with van der Waals surface area (Å²) in [6.45, 7) is 1.53. The fraction of sp³-hybridized carbons (Fsp3) is 0.278. The molecule has 0 saturated carbocycles. The third kappa shape index (κ3) is 5.04. The van der Waals surface area contributed by atoms with Crippen molar-refractivity contribution < 1.29 is 22.4 Å². The van der Waals surface area contributed by atoms with E-state index in [1.807, 2.05) is 6.92 Å². The summed E-state index contributed by atoms with van der Waals surface area (Å²) in [6, 6.07) is 9.35. The first-order valence-corrected chi connectivity index (χ1v) is 8.40. The summed E-state index contributed by atoms with van der Waals surface area (Å²) in [4.78, 5) is 12.4. The molecule has 0 heterocycles. The summed E-state index contributed by atoms with van der Waals surface area (Å²) in [5.41, 5.74) is -0.361. The van der Waals surface area contributed by atoms with Crippen LogP contribution >= 0.6 is 15.9 Å². The van der Waals surface area contributed by atoms with Crippen LogP contribution in [-0.2, 0) is 17.5 Å². The SMILES string of the molecule is CC[C@H](C(=O)NCc1cc(C(F)(F)F)ccc1F)c1ccc(Br)cc1. The Morgan fingerprint density at radius 3 is 2.36 bits per heavy atom. The lowest BCUT2D eigenvalue weighted by atomic mass is 9.95. The second-order valence-corrected chi connectivity index (χ2v) is 6.45. The van der Waals surface area contributed by atoms with E-state index in [4.69, 9.17) is 0 Å². The van der Waals surface area contributed by atoms with Crippen LogP contribution in [0, 0.1) is 5.82 Å². The van der Waals surface area contributed by atoms with Crippen molar-refractivity contribution in [3.63, 3.8) is 0 Å². The zero-order valence-corrected chi connectivity index (χ0v) is 14.9. The van der Waals surface area contributed by atoms with Gasteiger partial charge < -0.3 is 5.32 Å². The fourth-order valence-electron chi connectivity index (χ4n) is 2.46. The molecule has 2 rings (SSSR count). The van der Waals surface area contributed by atoms with E-state index in [9.17, 15) is 22.4 Å². The largest absolute Gasteiger partial charge is 0.416 e. The Bertz CT molecular complexity index is 744. The van der Waals surface area contributed by atoms with E-state index in [0.29, 0.717) is 12.5 Å². The van der Waals surface area contributed by atoms with Crippen LogP contribution in [0.4, 0.5) is 17.6 Å². The van der Waals surface area contributed by atoms with E-state index in [0.717, 1.165) is 22.2 Å². The van der Waals surface area contributed by atoms with Crippen LogP contribution in [-0.4, -0.2) is 5.91 Å². The Labute approximate surface area is 151 Å². The molecular formula is C18H16BrF4NO. The number of rotatable bonds is 5. The van der Waals surface area contributed by atoms with Gasteiger partial charge in [-0.3, -0.25) is 4.79 Å². The number of alkyl halides is 3. The molecular weight excluding hydrogens is 402 g/mol. The molecule has 0 fully saturated rings. The highest BCUT2D eigenvalue weighted by Gasteiger charge is 2.31. The minimum absolute atomic E-state index is 0.200. The molecule has 1 atom stereocenters. The zero-order chi connectivity index (χ0) is 18.6. The molecule has 2 aromatic rings. The van der Waals surface area contributed by atoms with Crippen molar-refractivity contribution in [3.05, 3.63) is 69.4 Å². The van der Waals surface area contributed by atoms with Crippen molar-refractivity contribution in [2.24, 2.45) is 0 Å². The van der Waals surface area contributed by atoms with Gasteiger partial charge in [-0.15, -0.1) is 0 Å². The van der Waals surface area contributed by atoms with Crippen molar-refractivity contribution >= 4 is 21.8 Å². The van der Waals surface area contributed by atoms with E-state index in [1.165, 1.54) is 0 Å². The highest BCUT2D eigenvalue weighted by atomic mass is 79.9. The normalized spacial score (nSPS) is 12.7. The number of halogens is 5. The van der Waals surface area contributed by atoms with Crippen LogP contribution in [0.15, 0.2) is 46.9 Å². The van der Waals surface area contributed by atoms with Crippen LogP contribution in [0.25, 0.3) is 0 Å². The molecule has 0 unspecified atom stereocenters. The first-order chi connectivity index (χ1) is 11.7. The zero-order valence-electron chi connectivity index (χ0n) is 13.3. The molecule has 0 aliphatic carbocycles. The number of benzene rings is 2. The third-order valence-corrected chi connectivity index (χ3v) is 4.35. The molecule has 0 bridgehead atoms. The summed E-state index contributed by atoms with van der Waals surface area (Å²) in [7, 11) is 0. The molecule has 1 N–H and O–H groups in total. The molecule has 134 valence electrons. The first-order valence-electron chi connectivity index (χ1n) is 7.61. The molecule has 25 heavy (non-hydrogen) atoms. The van der Waals surface area contributed by atoms with Crippen molar-refractivity contribution in [1.82, 2.24) is 5.32 Å². The van der Waals surface area contributed by atoms with E-state index in [1.54, 1.807) is 24.3 Å². The van der Waals surface area contributed by atoms with Crippen molar-refractivity contribution in [3.8, 4) is 0 Å². The maximum absolute atomic E-state index is 13.7. The number of hydrogen-bond acceptors (Lipinski definition) is 1. The second-order valence-electron chi connectivity index (χ2n) is 5.53. The van der Waals surface area contributed by atoms with Crippen LogP contribution in [0.3, 0.4) is 0 Å². The van der Waals surface area contributed by atoms with Gasteiger partial charge in [-0.25, -0.2) is 4.39 Å². The number of carbonyl (C=O) groups is 1. The molecule has 1 amide bonds. The first kappa shape index (κ1) is 19.4. The van der Waals surface area contributed by atoms with Gasteiger partial charge in [-0.05, 0) is 42.3 Å². The Balaban J connectivity index is 2.12. The maximum atomic E-state index is 13.7. The monoisotopic (exact) mass is 417 g/mol.